The van der Waals surface area contributed by atoms with Crippen LogP contribution in [-0.4, -0.2) is 22.6 Å². The lowest BCUT2D eigenvalue weighted by atomic mass is 9.97. The number of hydrogen-bond donors (Lipinski definition) is 0. The number of rotatable bonds is 6. The second-order valence-corrected chi connectivity index (χ2v) is 8.42. The number of carbonyl (C=O) groups excluding carboxylic acids is 1. The number of carbonyl (C=O) groups is 1. The summed E-state index contributed by atoms with van der Waals surface area (Å²) in [6.07, 6.45) is 7.05. The first-order valence-corrected chi connectivity index (χ1v) is 10.8. The molecule has 4 heteroatoms. The first kappa shape index (κ1) is 19.6. The van der Waals surface area contributed by atoms with Gasteiger partial charge in [0, 0.05) is 36.3 Å². The number of ether oxygens (including phenoxy) is 1. The molecule has 2 heterocycles. The van der Waals surface area contributed by atoms with E-state index in [4.69, 9.17) is 4.74 Å². The molecule has 0 N–H and O–H groups in total. The summed E-state index contributed by atoms with van der Waals surface area (Å²) < 4.78 is 7.33. The van der Waals surface area contributed by atoms with Crippen LogP contribution in [0.1, 0.15) is 57.1 Å². The Balaban J connectivity index is 1.47. The van der Waals surface area contributed by atoms with Gasteiger partial charge in [0.2, 0.25) is 0 Å². The molecular weight excluding hydrogens is 384 g/mol. The number of nitrogens with zero attached hydrogens (tertiary/aromatic N) is 2. The summed E-state index contributed by atoms with van der Waals surface area (Å²) in [6, 6.07) is 19.0. The van der Waals surface area contributed by atoms with E-state index in [1.165, 1.54) is 47.5 Å². The molecule has 0 radical (unpaired) electrons. The van der Waals surface area contributed by atoms with Crippen LogP contribution >= 0.6 is 0 Å². The van der Waals surface area contributed by atoms with Crippen LogP contribution < -0.4 is 0 Å². The molecule has 5 rings (SSSR count). The van der Waals surface area contributed by atoms with Crippen molar-refractivity contribution >= 4 is 16.9 Å². The smallest absolute Gasteiger partial charge is 0.339 e. The summed E-state index contributed by atoms with van der Waals surface area (Å²) in [6.45, 7) is 3.00. The van der Waals surface area contributed by atoms with E-state index in [2.05, 4.69) is 65.1 Å². The third kappa shape index (κ3) is 3.86. The van der Waals surface area contributed by atoms with Crippen molar-refractivity contribution in [1.82, 2.24) is 9.55 Å². The van der Waals surface area contributed by atoms with Crippen molar-refractivity contribution in [1.29, 1.82) is 0 Å². The zero-order valence-corrected chi connectivity index (χ0v) is 18.0. The number of pyridine rings is 1. The fraction of sp³-hybridized carbons (Fsp3) is 0.259. The van der Waals surface area contributed by atoms with Crippen LogP contribution in [0.3, 0.4) is 0 Å². The Bertz CT molecular complexity index is 1250. The zero-order chi connectivity index (χ0) is 21.4. The maximum Gasteiger partial charge on any atom is 0.339 e. The molecular formula is C27H26N2O2. The molecule has 4 aromatic rings. The molecule has 0 unspecified atom stereocenters. The Morgan fingerprint density at radius 2 is 1.94 bits per heavy atom. The first-order chi connectivity index (χ1) is 15.1. The summed E-state index contributed by atoms with van der Waals surface area (Å²) >= 11 is 0. The average Bonchev–Trinajstić information content (AvgIpc) is 3.57. The second kappa shape index (κ2) is 8.03. The van der Waals surface area contributed by atoms with Gasteiger partial charge in [0.15, 0.2) is 0 Å². The van der Waals surface area contributed by atoms with Gasteiger partial charge in [-0.25, -0.2) is 4.79 Å². The lowest BCUT2D eigenvalue weighted by Crippen LogP contribution is -2.10. The van der Waals surface area contributed by atoms with E-state index in [0.717, 1.165) is 17.8 Å². The third-order valence-electron chi connectivity index (χ3n) is 6.33. The minimum atomic E-state index is -0.308. The van der Waals surface area contributed by atoms with Crippen molar-refractivity contribution in [3.63, 3.8) is 0 Å². The van der Waals surface area contributed by atoms with E-state index >= 15 is 0 Å². The van der Waals surface area contributed by atoms with Crippen LogP contribution in [0.5, 0.6) is 0 Å². The number of aromatic nitrogens is 2. The van der Waals surface area contributed by atoms with Gasteiger partial charge in [-0.1, -0.05) is 36.4 Å². The molecule has 0 amide bonds. The van der Waals surface area contributed by atoms with Gasteiger partial charge in [0.1, 0.15) is 0 Å². The van der Waals surface area contributed by atoms with Crippen LogP contribution in [0, 0.1) is 6.92 Å². The van der Waals surface area contributed by atoms with Gasteiger partial charge >= 0.3 is 5.97 Å². The largest absolute Gasteiger partial charge is 0.465 e. The molecule has 0 bridgehead atoms. The molecule has 0 spiro atoms. The molecule has 1 aliphatic carbocycles. The van der Waals surface area contributed by atoms with Crippen LogP contribution in [0.2, 0.25) is 0 Å². The zero-order valence-electron chi connectivity index (χ0n) is 18.0. The minimum absolute atomic E-state index is 0.308. The van der Waals surface area contributed by atoms with Crippen molar-refractivity contribution in [3.05, 3.63) is 101 Å². The van der Waals surface area contributed by atoms with Gasteiger partial charge in [0.05, 0.1) is 18.4 Å². The summed E-state index contributed by atoms with van der Waals surface area (Å²) in [7, 11) is 1.43. The third-order valence-corrected chi connectivity index (χ3v) is 6.33. The number of aryl methyl sites for hydroxylation is 1. The molecule has 31 heavy (non-hydrogen) atoms. The quantitative estimate of drug-likeness (QED) is 0.386. The van der Waals surface area contributed by atoms with E-state index in [1.54, 1.807) is 0 Å². The fourth-order valence-electron chi connectivity index (χ4n) is 4.33. The normalized spacial score (nSPS) is 13.5. The van der Waals surface area contributed by atoms with Crippen LogP contribution in [0.15, 0.2) is 67.0 Å². The highest BCUT2D eigenvalue weighted by atomic mass is 16.5. The SMILES string of the molecule is COC(=O)c1cc(C2CC2)cnc1Cc1ccc2c(ccn2Cc2ccccc2)c1C. The maximum absolute atomic E-state index is 12.4. The predicted molar refractivity (Wildman–Crippen MR) is 123 cm³/mol. The van der Waals surface area contributed by atoms with E-state index < -0.39 is 0 Å². The van der Waals surface area contributed by atoms with Gasteiger partial charge in [-0.15, -0.1) is 0 Å². The van der Waals surface area contributed by atoms with Crippen molar-refractivity contribution in [2.24, 2.45) is 0 Å². The second-order valence-electron chi connectivity index (χ2n) is 8.42. The fourth-order valence-corrected chi connectivity index (χ4v) is 4.33. The molecule has 2 aromatic heterocycles. The summed E-state index contributed by atoms with van der Waals surface area (Å²) in [5, 5.41) is 1.24. The van der Waals surface area contributed by atoms with Crippen molar-refractivity contribution in [2.45, 2.75) is 38.6 Å². The number of benzene rings is 2. The minimum Gasteiger partial charge on any atom is -0.465 e. The van der Waals surface area contributed by atoms with Crippen LogP contribution in [0.25, 0.3) is 10.9 Å². The van der Waals surface area contributed by atoms with Gasteiger partial charge in [-0.05, 0) is 66.1 Å². The topological polar surface area (TPSA) is 44.1 Å². The van der Waals surface area contributed by atoms with E-state index in [1.807, 2.05) is 18.3 Å². The molecule has 2 aromatic carbocycles. The van der Waals surface area contributed by atoms with Crippen LogP contribution in [0.4, 0.5) is 0 Å². The molecule has 1 aliphatic rings. The number of esters is 1. The Morgan fingerprint density at radius 1 is 1.13 bits per heavy atom. The van der Waals surface area contributed by atoms with E-state index in [0.29, 0.717) is 17.9 Å². The highest BCUT2D eigenvalue weighted by Gasteiger charge is 2.26. The average molecular weight is 411 g/mol. The van der Waals surface area contributed by atoms with Gasteiger partial charge in [0.25, 0.3) is 0 Å². The molecule has 0 atom stereocenters. The molecule has 0 saturated heterocycles. The Labute approximate surface area is 182 Å². The van der Waals surface area contributed by atoms with E-state index in [-0.39, 0.29) is 5.97 Å². The number of hydrogen-bond acceptors (Lipinski definition) is 3. The molecule has 156 valence electrons. The molecule has 1 fully saturated rings. The molecule has 1 saturated carbocycles. The summed E-state index contributed by atoms with van der Waals surface area (Å²) in [4.78, 5) is 17.1. The van der Waals surface area contributed by atoms with Gasteiger partial charge in [-0.3, -0.25) is 4.98 Å². The standard InChI is InChI=1S/C27H26N2O2/c1-18-21(15-25-24(27(30)31-2)14-22(16-28-25)20-8-9-20)10-11-26-23(18)12-13-29(26)17-19-6-4-3-5-7-19/h3-7,10-14,16,20H,8-9,15,17H2,1-2H3. The molecule has 4 nitrogen and oxygen atoms in total. The monoisotopic (exact) mass is 410 g/mol. The Morgan fingerprint density at radius 3 is 2.68 bits per heavy atom. The highest BCUT2D eigenvalue weighted by molar-refractivity contribution is 5.91. The van der Waals surface area contributed by atoms with E-state index in [9.17, 15) is 4.79 Å². The predicted octanol–water partition coefficient (Wildman–Crippen LogP) is 5.65. The Kier molecular flexibility index (Phi) is 5.06. The lowest BCUT2D eigenvalue weighted by Gasteiger charge is -2.12. The summed E-state index contributed by atoms with van der Waals surface area (Å²) in [5.41, 5.74) is 7.43. The number of methoxy groups -OCH3 is 1. The van der Waals surface area contributed by atoms with Crippen LogP contribution in [-0.2, 0) is 17.7 Å². The van der Waals surface area contributed by atoms with Gasteiger partial charge in [-0.2, -0.15) is 0 Å². The number of fused-ring (bicyclic) bond motifs is 1. The van der Waals surface area contributed by atoms with Gasteiger partial charge < -0.3 is 9.30 Å². The highest BCUT2D eigenvalue weighted by Crippen LogP contribution is 2.40. The first-order valence-electron chi connectivity index (χ1n) is 10.8. The maximum atomic E-state index is 12.4. The lowest BCUT2D eigenvalue weighted by molar-refractivity contribution is 0.0599. The Hall–Kier alpha value is -3.40. The molecule has 0 aliphatic heterocycles. The summed E-state index contributed by atoms with van der Waals surface area (Å²) in [5.74, 6) is 0.241. The van der Waals surface area contributed by atoms with Crippen molar-refractivity contribution in [3.8, 4) is 0 Å². The van der Waals surface area contributed by atoms with Crippen molar-refractivity contribution < 1.29 is 9.53 Å². The van der Waals surface area contributed by atoms with Crippen molar-refractivity contribution in [2.75, 3.05) is 7.11 Å².